The smallest absolute Gasteiger partial charge is 0.301 e. The van der Waals surface area contributed by atoms with E-state index in [0.29, 0.717) is 12.1 Å². The van der Waals surface area contributed by atoms with Crippen molar-refractivity contribution in [2.24, 2.45) is 12.1 Å². The lowest BCUT2D eigenvalue weighted by atomic mass is 10.0. The average molecular weight is 429 g/mol. The first kappa shape index (κ1) is 20.7. The maximum absolute atomic E-state index is 11.5. The molecular weight excluding hydrogens is 410 g/mol. The van der Waals surface area contributed by atoms with E-state index >= 15 is 0 Å². The minimum atomic E-state index is -0.670. The molecule has 160 valence electrons. The van der Waals surface area contributed by atoms with Gasteiger partial charge in [-0.05, 0) is 17.7 Å². The first-order chi connectivity index (χ1) is 15.4. The molecule has 9 heteroatoms. The molecule has 0 radical (unpaired) electrons. The fourth-order valence-corrected chi connectivity index (χ4v) is 3.56. The highest BCUT2D eigenvalue weighted by molar-refractivity contribution is 6.12. The zero-order valence-corrected chi connectivity index (χ0v) is 17.1. The minimum absolute atomic E-state index is 0.0754. The number of hydrogen-bond acceptors (Lipinski definition) is 6. The maximum atomic E-state index is 11.5. The lowest BCUT2D eigenvalue weighted by Gasteiger charge is -2.08. The molecule has 4 rings (SSSR count). The second-order valence-corrected chi connectivity index (χ2v) is 7.22. The van der Waals surface area contributed by atoms with Gasteiger partial charge in [-0.15, -0.1) is 0 Å². The van der Waals surface area contributed by atoms with Gasteiger partial charge in [0.15, 0.2) is 0 Å². The van der Waals surface area contributed by atoms with Crippen LogP contribution in [0, 0.1) is 20.2 Å². The number of benzene rings is 3. The molecule has 9 nitrogen and oxygen atoms in total. The Kier molecular flexibility index (Phi) is 5.63. The normalized spacial score (nSPS) is 11.5. The summed E-state index contributed by atoms with van der Waals surface area (Å²) in [6, 6.07) is 21.1. The van der Waals surface area contributed by atoms with Crippen LogP contribution in [0.3, 0.4) is 0 Å². The number of rotatable bonds is 7. The number of non-ortho nitro benzene ring substituents is 1. The van der Waals surface area contributed by atoms with Gasteiger partial charge >= 0.3 is 5.69 Å². The van der Waals surface area contributed by atoms with Crippen molar-refractivity contribution in [1.29, 1.82) is 0 Å². The molecule has 0 aliphatic rings. The van der Waals surface area contributed by atoms with Crippen LogP contribution >= 0.6 is 0 Å². The van der Waals surface area contributed by atoms with Gasteiger partial charge in [-0.25, -0.2) is 0 Å². The number of fused-ring (bicyclic) bond motifs is 1. The quantitative estimate of drug-likeness (QED) is 0.251. The number of nitro benzene ring substituents is 2. The Morgan fingerprint density at radius 3 is 2.41 bits per heavy atom. The molecule has 0 aliphatic heterocycles. The summed E-state index contributed by atoms with van der Waals surface area (Å²) in [7, 11) is 1.95. The fourth-order valence-electron chi connectivity index (χ4n) is 3.56. The number of anilines is 1. The molecule has 0 bridgehead atoms. The van der Waals surface area contributed by atoms with Gasteiger partial charge in [0, 0.05) is 42.2 Å². The van der Waals surface area contributed by atoms with E-state index in [1.807, 2.05) is 72.4 Å². The summed E-state index contributed by atoms with van der Waals surface area (Å²) in [4.78, 5) is 21.1. The predicted octanol–water partition coefficient (Wildman–Crippen LogP) is 5.05. The van der Waals surface area contributed by atoms with Crippen molar-refractivity contribution >= 4 is 33.7 Å². The van der Waals surface area contributed by atoms with Gasteiger partial charge in [0.1, 0.15) is 5.69 Å². The number of nitrogens with one attached hydrogen (secondary N) is 1. The summed E-state index contributed by atoms with van der Waals surface area (Å²) in [5.41, 5.74) is 5.70. The van der Waals surface area contributed by atoms with Crippen molar-refractivity contribution in [2.75, 3.05) is 5.43 Å². The van der Waals surface area contributed by atoms with E-state index in [1.165, 1.54) is 12.1 Å². The number of aromatic nitrogens is 1. The highest BCUT2D eigenvalue weighted by atomic mass is 16.6. The Bertz CT molecular complexity index is 1350. The third-order valence-corrected chi connectivity index (χ3v) is 5.12. The molecule has 0 unspecified atom stereocenters. The molecule has 3 aromatic carbocycles. The van der Waals surface area contributed by atoms with Crippen molar-refractivity contribution in [3.8, 4) is 0 Å². The van der Waals surface area contributed by atoms with E-state index in [-0.39, 0.29) is 11.4 Å². The number of nitro groups is 2. The van der Waals surface area contributed by atoms with Crippen molar-refractivity contribution in [3.63, 3.8) is 0 Å². The highest BCUT2D eigenvalue weighted by Crippen LogP contribution is 2.29. The first-order valence-electron chi connectivity index (χ1n) is 9.78. The Morgan fingerprint density at radius 2 is 1.69 bits per heavy atom. The van der Waals surface area contributed by atoms with E-state index in [1.54, 1.807) is 0 Å². The molecule has 0 spiro atoms. The first-order valence-corrected chi connectivity index (χ1v) is 9.78. The van der Waals surface area contributed by atoms with Crippen molar-refractivity contribution < 1.29 is 9.85 Å². The number of hydrogen-bond donors (Lipinski definition) is 1. The van der Waals surface area contributed by atoms with Crippen LogP contribution in [0.5, 0.6) is 0 Å². The maximum Gasteiger partial charge on any atom is 0.301 e. The second-order valence-electron chi connectivity index (χ2n) is 7.22. The van der Waals surface area contributed by atoms with Gasteiger partial charge in [0.2, 0.25) is 0 Å². The molecule has 1 heterocycles. The topological polar surface area (TPSA) is 116 Å². The molecule has 1 N–H and O–H groups in total. The largest absolute Gasteiger partial charge is 0.350 e. The Labute approximate surface area is 182 Å². The standard InChI is InChI=1S/C23H19N5O4/c1-26-15-19(18-9-5-6-10-22(18)26)21(13-16-7-3-2-4-8-16)25-24-20-12-11-17(27(29)30)14-23(20)28(31)32/h2-12,14-15,24H,13H2,1H3/b25-21+. The Hall–Kier alpha value is -4.53. The van der Waals surface area contributed by atoms with Crippen LogP contribution in [0.25, 0.3) is 10.9 Å². The summed E-state index contributed by atoms with van der Waals surface area (Å²) < 4.78 is 2.00. The van der Waals surface area contributed by atoms with Gasteiger partial charge in [-0.2, -0.15) is 5.10 Å². The zero-order chi connectivity index (χ0) is 22.7. The Balaban J connectivity index is 1.79. The van der Waals surface area contributed by atoms with Crippen LogP contribution in [0.4, 0.5) is 17.1 Å². The minimum Gasteiger partial charge on any atom is -0.350 e. The van der Waals surface area contributed by atoms with Gasteiger partial charge in [0.25, 0.3) is 5.69 Å². The van der Waals surface area contributed by atoms with Gasteiger partial charge in [-0.3, -0.25) is 25.7 Å². The molecule has 1 aromatic heterocycles. The van der Waals surface area contributed by atoms with E-state index < -0.39 is 15.5 Å². The van der Waals surface area contributed by atoms with Crippen LogP contribution in [-0.2, 0) is 13.5 Å². The van der Waals surface area contributed by atoms with E-state index in [0.717, 1.165) is 28.1 Å². The molecule has 4 aromatic rings. The van der Waals surface area contributed by atoms with Gasteiger partial charge in [0.05, 0.1) is 21.6 Å². The average Bonchev–Trinajstić information content (AvgIpc) is 3.13. The molecule has 32 heavy (non-hydrogen) atoms. The number of aryl methyl sites for hydroxylation is 1. The van der Waals surface area contributed by atoms with Crippen LogP contribution in [0.1, 0.15) is 11.1 Å². The molecule has 0 fully saturated rings. The molecule has 0 aliphatic carbocycles. The lowest BCUT2D eigenvalue weighted by molar-refractivity contribution is -0.393. The molecule has 0 saturated carbocycles. The number of para-hydroxylation sites is 1. The Morgan fingerprint density at radius 1 is 0.969 bits per heavy atom. The summed E-state index contributed by atoms with van der Waals surface area (Å²) >= 11 is 0. The SMILES string of the molecule is Cn1cc(/C(Cc2ccccc2)=N/Nc2ccc([N+](=O)[O-])cc2[N+](=O)[O-])c2ccccc21. The van der Waals surface area contributed by atoms with Crippen molar-refractivity contribution in [2.45, 2.75) is 6.42 Å². The van der Waals surface area contributed by atoms with E-state index in [4.69, 9.17) is 0 Å². The molecular formula is C23H19N5O4. The highest BCUT2D eigenvalue weighted by Gasteiger charge is 2.20. The van der Waals surface area contributed by atoms with Crippen LogP contribution in [0.2, 0.25) is 0 Å². The van der Waals surface area contributed by atoms with E-state index in [2.05, 4.69) is 10.5 Å². The van der Waals surface area contributed by atoms with Crippen LogP contribution < -0.4 is 5.43 Å². The van der Waals surface area contributed by atoms with E-state index in [9.17, 15) is 20.2 Å². The van der Waals surface area contributed by atoms with Crippen LogP contribution in [0.15, 0.2) is 84.1 Å². The lowest BCUT2D eigenvalue weighted by Crippen LogP contribution is -2.09. The molecule has 0 amide bonds. The zero-order valence-electron chi connectivity index (χ0n) is 17.1. The van der Waals surface area contributed by atoms with Gasteiger partial charge < -0.3 is 4.57 Å². The molecule has 0 saturated heterocycles. The van der Waals surface area contributed by atoms with Crippen molar-refractivity contribution in [1.82, 2.24) is 4.57 Å². The third kappa shape index (κ3) is 4.17. The van der Waals surface area contributed by atoms with Gasteiger partial charge in [-0.1, -0.05) is 48.5 Å². The fraction of sp³-hybridized carbons (Fsp3) is 0.0870. The van der Waals surface area contributed by atoms with Crippen molar-refractivity contribution in [3.05, 3.63) is 110 Å². The summed E-state index contributed by atoms with van der Waals surface area (Å²) in [6.07, 6.45) is 2.46. The number of nitrogens with zero attached hydrogens (tertiary/aromatic N) is 4. The second kappa shape index (κ2) is 8.68. The predicted molar refractivity (Wildman–Crippen MR) is 123 cm³/mol. The number of hydrazone groups is 1. The summed E-state index contributed by atoms with van der Waals surface area (Å²) in [5, 5.41) is 28.0. The third-order valence-electron chi connectivity index (χ3n) is 5.12. The monoisotopic (exact) mass is 429 g/mol. The summed E-state index contributed by atoms with van der Waals surface area (Å²) in [6.45, 7) is 0. The van der Waals surface area contributed by atoms with Crippen LogP contribution in [-0.4, -0.2) is 20.1 Å². The molecule has 0 atom stereocenters. The summed E-state index contributed by atoms with van der Waals surface area (Å²) in [5.74, 6) is 0.